The molecule has 3 saturated heterocycles. The first-order valence-electron chi connectivity index (χ1n) is 16.0. The number of nitrogens with zero attached hydrogens (tertiary/aromatic N) is 5. The summed E-state index contributed by atoms with van der Waals surface area (Å²) in [6.07, 6.45) is 9.90. The van der Waals surface area contributed by atoms with Crippen molar-refractivity contribution in [2.45, 2.75) is 63.2 Å². The van der Waals surface area contributed by atoms with Crippen LogP contribution in [-0.2, 0) is 0 Å². The Bertz CT molecular complexity index is 1930. The normalized spacial score (nSPS) is 25.9. The summed E-state index contributed by atoms with van der Waals surface area (Å²) in [5, 5.41) is 11.6. The molecule has 1 N–H and O–H groups in total. The molecule has 2 aromatic carbocycles. The molecular weight excluding hydrogens is 595 g/mol. The van der Waals surface area contributed by atoms with Gasteiger partial charge in [0.05, 0.1) is 17.1 Å². The number of alkyl halides is 1. The van der Waals surface area contributed by atoms with Crippen LogP contribution in [0.4, 0.5) is 19.0 Å². The molecule has 3 fully saturated rings. The van der Waals surface area contributed by atoms with E-state index in [1.54, 1.807) is 0 Å². The van der Waals surface area contributed by atoms with Gasteiger partial charge in [0.15, 0.2) is 5.82 Å². The minimum Gasteiger partial charge on any atom is -0.508 e. The number of anilines is 1. The molecule has 238 valence electrons. The van der Waals surface area contributed by atoms with E-state index in [2.05, 4.69) is 32.6 Å². The van der Waals surface area contributed by atoms with Crippen LogP contribution in [0.5, 0.6) is 17.6 Å². The van der Waals surface area contributed by atoms with Gasteiger partial charge in [0.2, 0.25) is 5.88 Å². The molecule has 4 aliphatic rings. The van der Waals surface area contributed by atoms with Gasteiger partial charge in [-0.3, -0.25) is 4.90 Å². The molecule has 8 nitrogen and oxygen atoms in total. The molecule has 0 unspecified atom stereocenters. The number of terminal acetylenes is 1. The molecule has 6 heterocycles. The molecule has 4 atom stereocenters. The molecule has 0 aliphatic carbocycles. The van der Waals surface area contributed by atoms with E-state index in [4.69, 9.17) is 20.9 Å². The van der Waals surface area contributed by atoms with Crippen LogP contribution in [0, 0.1) is 29.9 Å². The van der Waals surface area contributed by atoms with Crippen LogP contribution in [0.1, 0.15) is 51.0 Å². The number of ether oxygens (including phenoxy) is 2. The number of phenols is 1. The zero-order valence-electron chi connectivity index (χ0n) is 25.5. The number of benzene rings is 2. The summed E-state index contributed by atoms with van der Waals surface area (Å²) in [6.45, 7) is 4.53. The SMILES string of the molecule is C#Cc1c(F)ccc2cc(O)cc(-c3nc4c5c(nc(OC[C@@]67CCCN6C[C@H](F)C7)nc5c3F)N3CCCC[C@@H](C)[C@H]3CO4)c12. The highest BCUT2D eigenvalue weighted by Crippen LogP contribution is 2.45. The quantitative estimate of drug-likeness (QED) is 0.269. The van der Waals surface area contributed by atoms with Crippen molar-refractivity contribution >= 4 is 27.5 Å². The van der Waals surface area contributed by atoms with Gasteiger partial charge >= 0.3 is 6.01 Å². The fourth-order valence-corrected chi connectivity index (χ4v) is 8.15. The van der Waals surface area contributed by atoms with Gasteiger partial charge in [0, 0.05) is 30.5 Å². The minimum atomic E-state index is -0.925. The summed E-state index contributed by atoms with van der Waals surface area (Å²) in [5.41, 5.74) is -0.668. The fraction of sp³-hybridized carbons (Fsp3) is 0.457. The zero-order valence-corrected chi connectivity index (χ0v) is 25.5. The molecule has 4 aliphatic heterocycles. The van der Waals surface area contributed by atoms with Crippen molar-refractivity contribution in [1.29, 1.82) is 0 Å². The fourth-order valence-electron chi connectivity index (χ4n) is 8.15. The summed E-state index contributed by atoms with van der Waals surface area (Å²) in [7, 11) is 0. The Kier molecular flexibility index (Phi) is 6.90. The van der Waals surface area contributed by atoms with E-state index in [9.17, 15) is 13.9 Å². The number of rotatable bonds is 4. The van der Waals surface area contributed by atoms with Gasteiger partial charge in [-0.15, -0.1) is 6.42 Å². The van der Waals surface area contributed by atoms with Crippen LogP contribution in [-0.4, -0.2) is 75.6 Å². The smallest absolute Gasteiger partial charge is 0.319 e. The molecule has 0 radical (unpaired) electrons. The van der Waals surface area contributed by atoms with Crippen molar-refractivity contribution in [2.75, 3.05) is 37.7 Å². The standard InChI is InChI=1S/C35H34F3N5O3/c1-3-23-25(37)9-8-20-13-22(44)14-24(27(20)23)30-29(38)31-28-32(43-12-5-4-7-19(2)26(43)17-45-33(28)39-30)41-34(40-31)46-18-35-10-6-11-42(35)16-21(36)15-35/h1,8-9,13-14,19,21,26,44H,4-7,10-12,15-18H2,2H3/t19-,21-,26-,35+/m1/s1. The maximum absolute atomic E-state index is 17.0. The van der Waals surface area contributed by atoms with Gasteiger partial charge in [-0.2, -0.15) is 9.97 Å². The summed E-state index contributed by atoms with van der Waals surface area (Å²) < 4.78 is 59.1. The molecular formula is C35H34F3N5O3. The number of pyridine rings is 1. The number of halogens is 3. The molecule has 4 aromatic rings. The number of phenolic OH excluding ortho intramolecular Hbond substituents is 1. The molecule has 2 aromatic heterocycles. The lowest BCUT2D eigenvalue weighted by Gasteiger charge is -2.33. The highest BCUT2D eigenvalue weighted by atomic mass is 19.1. The lowest BCUT2D eigenvalue weighted by atomic mass is 9.95. The van der Waals surface area contributed by atoms with Gasteiger partial charge in [0.1, 0.15) is 53.4 Å². The van der Waals surface area contributed by atoms with E-state index >= 15 is 4.39 Å². The average Bonchev–Trinajstić information content (AvgIpc) is 3.43. The van der Waals surface area contributed by atoms with E-state index < -0.39 is 23.3 Å². The second kappa shape index (κ2) is 10.9. The highest BCUT2D eigenvalue weighted by Gasteiger charge is 2.49. The predicted octanol–water partition coefficient (Wildman–Crippen LogP) is 6.15. The van der Waals surface area contributed by atoms with Crippen LogP contribution >= 0.6 is 0 Å². The van der Waals surface area contributed by atoms with Crippen molar-refractivity contribution in [3.05, 3.63) is 41.5 Å². The van der Waals surface area contributed by atoms with Crippen molar-refractivity contribution in [2.24, 2.45) is 5.92 Å². The summed E-state index contributed by atoms with van der Waals surface area (Å²) in [4.78, 5) is 18.4. The number of hydrogen-bond donors (Lipinski definition) is 1. The zero-order chi connectivity index (χ0) is 31.7. The Morgan fingerprint density at radius 2 is 2.00 bits per heavy atom. The van der Waals surface area contributed by atoms with Crippen molar-refractivity contribution in [1.82, 2.24) is 19.9 Å². The van der Waals surface area contributed by atoms with Crippen LogP contribution in [0.15, 0.2) is 24.3 Å². The van der Waals surface area contributed by atoms with Gasteiger partial charge in [-0.1, -0.05) is 25.3 Å². The first kappa shape index (κ1) is 29.1. The first-order valence-corrected chi connectivity index (χ1v) is 16.0. The van der Waals surface area contributed by atoms with E-state index in [1.807, 2.05) is 0 Å². The summed E-state index contributed by atoms with van der Waals surface area (Å²) in [6, 6.07) is 5.38. The molecule has 0 spiro atoms. The molecule has 11 heteroatoms. The van der Waals surface area contributed by atoms with Crippen molar-refractivity contribution < 1.29 is 27.8 Å². The number of aromatic nitrogens is 3. The second-order valence-corrected chi connectivity index (χ2v) is 13.2. The van der Waals surface area contributed by atoms with Gasteiger partial charge in [-0.05, 0) is 61.7 Å². The maximum atomic E-state index is 17.0. The molecule has 46 heavy (non-hydrogen) atoms. The number of aromatic hydroxyl groups is 1. The highest BCUT2D eigenvalue weighted by molar-refractivity contribution is 6.04. The Morgan fingerprint density at radius 1 is 1.13 bits per heavy atom. The predicted molar refractivity (Wildman–Crippen MR) is 168 cm³/mol. The Balaban J connectivity index is 1.34. The maximum Gasteiger partial charge on any atom is 0.319 e. The Labute approximate surface area is 264 Å². The summed E-state index contributed by atoms with van der Waals surface area (Å²) >= 11 is 0. The largest absolute Gasteiger partial charge is 0.508 e. The number of hydrogen-bond acceptors (Lipinski definition) is 8. The van der Waals surface area contributed by atoms with Crippen LogP contribution in [0.25, 0.3) is 32.9 Å². The van der Waals surface area contributed by atoms with E-state index in [0.29, 0.717) is 42.7 Å². The van der Waals surface area contributed by atoms with Crippen LogP contribution in [0.2, 0.25) is 0 Å². The molecule has 0 amide bonds. The molecule has 0 bridgehead atoms. The Hall–Kier alpha value is -4.30. The van der Waals surface area contributed by atoms with Gasteiger partial charge in [-0.25, -0.2) is 18.2 Å². The molecule has 0 saturated carbocycles. The Morgan fingerprint density at radius 3 is 2.85 bits per heavy atom. The van der Waals surface area contributed by atoms with Crippen molar-refractivity contribution in [3.63, 3.8) is 0 Å². The molecule has 8 rings (SSSR count). The lowest BCUT2D eigenvalue weighted by Crippen LogP contribution is -2.44. The van der Waals surface area contributed by atoms with E-state index in [0.717, 1.165) is 38.6 Å². The third kappa shape index (κ3) is 4.52. The van der Waals surface area contributed by atoms with E-state index in [-0.39, 0.29) is 63.9 Å². The number of fused-ring (bicyclic) bond motifs is 4. The monoisotopic (exact) mass is 629 g/mol. The van der Waals surface area contributed by atoms with Crippen LogP contribution in [0.3, 0.4) is 0 Å². The van der Waals surface area contributed by atoms with Crippen molar-refractivity contribution in [3.8, 4) is 41.2 Å². The second-order valence-electron chi connectivity index (χ2n) is 13.2. The van der Waals surface area contributed by atoms with Gasteiger partial charge < -0.3 is 19.5 Å². The first-order chi connectivity index (χ1) is 22.3. The average molecular weight is 630 g/mol. The van der Waals surface area contributed by atoms with Crippen LogP contribution < -0.4 is 14.4 Å². The van der Waals surface area contributed by atoms with E-state index in [1.165, 1.54) is 24.3 Å². The van der Waals surface area contributed by atoms with Gasteiger partial charge in [0.25, 0.3) is 0 Å². The topological polar surface area (TPSA) is 83.8 Å². The third-order valence-electron chi connectivity index (χ3n) is 10.4. The summed E-state index contributed by atoms with van der Waals surface area (Å²) in [5.74, 6) is 1.64. The lowest BCUT2D eigenvalue weighted by molar-refractivity contribution is 0.107. The third-order valence-corrected chi connectivity index (χ3v) is 10.4. The minimum absolute atomic E-state index is 0.0123.